The van der Waals surface area contributed by atoms with Crippen LogP contribution >= 0.6 is 0 Å². The molecule has 90 valence electrons. The van der Waals surface area contributed by atoms with Crippen molar-refractivity contribution in [3.05, 3.63) is 28.4 Å². The van der Waals surface area contributed by atoms with Gasteiger partial charge in [-0.05, 0) is 0 Å². The summed E-state index contributed by atoms with van der Waals surface area (Å²) in [4.78, 5) is 1.50. The summed E-state index contributed by atoms with van der Waals surface area (Å²) >= 11 is 0. The Morgan fingerprint density at radius 1 is 1.29 bits per heavy atom. The van der Waals surface area contributed by atoms with Crippen molar-refractivity contribution in [2.24, 2.45) is 0 Å². The second-order valence-corrected chi connectivity index (χ2v) is 1.97. The van der Waals surface area contributed by atoms with E-state index in [9.17, 15) is 0 Å². The topological polar surface area (TPSA) is 98.6 Å². The molecule has 0 amide bonds. The first-order valence-electron chi connectivity index (χ1n) is 4.41. The Balaban J connectivity index is -0.0000000373. The summed E-state index contributed by atoms with van der Waals surface area (Å²) in [5.74, 6) is 2.43. The predicted molar refractivity (Wildman–Crippen MR) is 60.5 cm³/mol. The van der Waals surface area contributed by atoms with Crippen molar-refractivity contribution in [2.45, 2.75) is 33.6 Å². The molecule has 0 unspecified atom stereocenters. The predicted octanol–water partition coefficient (Wildman–Crippen LogP) is 2.74. The maximum atomic E-state index is 6.75. The van der Waals surface area contributed by atoms with Crippen molar-refractivity contribution >= 4 is 0 Å². The maximum Gasteiger partial charge on any atom is 0.00576 e. The van der Waals surface area contributed by atoms with E-state index in [2.05, 4.69) is 35.2 Å². The summed E-state index contributed by atoms with van der Waals surface area (Å²) < 4.78 is 0. The Morgan fingerprint density at radius 2 is 1.65 bits per heavy atom. The van der Waals surface area contributed by atoms with Crippen molar-refractivity contribution < 1.29 is 65.4 Å². The van der Waals surface area contributed by atoms with Gasteiger partial charge in [-0.15, -0.1) is 12.3 Å². The minimum Gasteiger partial charge on any atom is -0.373 e. The molecule has 0 saturated carbocycles. The minimum atomic E-state index is 0. The average molecular weight is 386 g/mol. The van der Waals surface area contributed by atoms with Crippen molar-refractivity contribution in [3.63, 3.8) is 0 Å². The van der Waals surface area contributed by atoms with Gasteiger partial charge in [0.15, 0.2) is 0 Å². The Hall–Kier alpha value is 0.218. The average Bonchev–Trinajstić information content (AvgIpc) is 2.78. The van der Waals surface area contributed by atoms with Crippen LogP contribution in [-0.4, -0.2) is 10.3 Å². The van der Waals surface area contributed by atoms with Gasteiger partial charge in [0.2, 0.25) is 0 Å². The molecule has 1 heterocycles. The normalized spacial score (nSPS) is 5.06. The Labute approximate surface area is 153 Å². The molecule has 0 aromatic carbocycles. The molecule has 1 aromatic rings. The molecule has 1 rings (SSSR count). The number of hydrogen-bond donors (Lipinski definition) is 0. The van der Waals surface area contributed by atoms with Gasteiger partial charge in [-0.3, -0.25) is 10.1 Å². The molecule has 1 aromatic heterocycles. The van der Waals surface area contributed by atoms with Crippen LogP contribution in [0.25, 0.3) is 16.0 Å². The van der Waals surface area contributed by atoms with Gasteiger partial charge in [-0.2, -0.15) is 0 Å². The summed E-state index contributed by atoms with van der Waals surface area (Å²) in [6, 6.07) is 0. The molecule has 0 spiro atoms. The molecule has 17 heavy (non-hydrogen) atoms. The van der Waals surface area contributed by atoms with Crippen LogP contribution in [-0.2, 0) is 65.4 Å². The van der Waals surface area contributed by atoms with Gasteiger partial charge < -0.3 is 21.3 Å². The summed E-state index contributed by atoms with van der Waals surface area (Å²) in [6.07, 6.45) is 9.93. The van der Waals surface area contributed by atoms with Crippen LogP contribution in [0.15, 0.2) is 12.4 Å². The fourth-order valence-corrected chi connectivity index (χ4v) is 0.149. The Bertz CT molecular complexity index is 221. The smallest absolute Gasteiger partial charge is 0.00576 e. The zero-order chi connectivity index (χ0) is 12.4. The van der Waals surface area contributed by atoms with E-state index in [1.54, 1.807) is 0 Å². The summed E-state index contributed by atoms with van der Waals surface area (Å²) in [5.41, 5.74) is 13.5. The maximum absolute atomic E-state index is 6.75. The molecular weight excluding hydrogens is 370 g/mol. The van der Waals surface area contributed by atoms with E-state index < -0.39 is 0 Å². The largest absolute Gasteiger partial charge is 0.373 e. The molecule has 0 N–H and O–H groups in total. The fourth-order valence-electron chi connectivity index (χ4n) is 0.149. The minimum absolute atomic E-state index is 0. The first kappa shape index (κ1) is 30.3. The third-order valence-electron chi connectivity index (χ3n) is 0.507. The zero-order valence-corrected chi connectivity index (χ0v) is 16.2. The molecule has 0 aliphatic heterocycles. The van der Waals surface area contributed by atoms with Gasteiger partial charge in [0, 0.05) is 71.8 Å². The summed E-state index contributed by atoms with van der Waals surface area (Å²) in [5, 5.41) is 9.94. The monoisotopic (exact) mass is 386 g/mol. The number of hydrogen-bond acceptors (Lipinski definition) is 2. The molecular formula is C9H16N6Y2-2. The molecule has 0 aliphatic carbocycles. The van der Waals surface area contributed by atoms with Gasteiger partial charge >= 0.3 is 0 Å². The van der Waals surface area contributed by atoms with Crippen molar-refractivity contribution in [2.75, 3.05) is 0 Å². The molecule has 6 nitrogen and oxygen atoms in total. The van der Waals surface area contributed by atoms with Crippen LogP contribution in [0.3, 0.4) is 0 Å². The quantitative estimate of drug-likeness (QED) is 0.297. The standard InChI is InChI=1S/C4H6.C3H8.C2H2N3.N3.2Y/c1-3-4-2;1-3-2;1-2-4-5-3-1;1-3-2;;/h1H,4H2,2H3;3H2,1-2H3;1-2H;;;/q;;2*-1;;. The molecule has 0 saturated heterocycles. The molecule has 0 atom stereocenters. The van der Waals surface area contributed by atoms with Crippen LogP contribution < -0.4 is 5.10 Å². The first-order chi connectivity index (χ1) is 7.24. The van der Waals surface area contributed by atoms with Gasteiger partial charge in [0.1, 0.15) is 0 Å². The third kappa shape index (κ3) is 84.8. The van der Waals surface area contributed by atoms with Crippen molar-refractivity contribution in [3.8, 4) is 12.3 Å². The number of rotatable bonds is 0. The fraction of sp³-hybridized carbons (Fsp3) is 0.556. The summed E-state index contributed by atoms with van der Waals surface area (Å²) in [7, 11) is 0. The van der Waals surface area contributed by atoms with Crippen LogP contribution in [0.2, 0.25) is 0 Å². The van der Waals surface area contributed by atoms with E-state index in [0.29, 0.717) is 0 Å². The van der Waals surface area contributed by atoms with Gasteiger partial charge in [-0.25, -0.2) is 0 Å². The zero-order valence-electron chi connectivity index (χ0n) is 10.5. The molecule has 0 bridgehead atoms. The van der Waals surface area contributed by atoms with Gasteiger partial charge in [0.25, 0.3) is 0 Å². The molecule has 8 heteroatoms. The van der Waals surface area contributed by atoms with E-state index in [1.165, 1.54) is 23.7 Å². The van der Waals surface area contributed by atoms with Gasteiger partial charge in [-0.1, -0.05) is 39.6 Å². The second-order valence-electron chi connectivity index (χ2n) is 1.97. The third-order valence-corrected chi connectivity index (χ3v) is 0.507. The van der Waals surface area contributed by atoms with Crippen molar-refractivity contribution in [1.29, 1.82) is 0 Å². The van der Waals surface area contributed by atoms with E-state index in [0.717, 1.165) is 6.42 Å². The number of terminal acetylenes is 1. The molecule has 0 aliphatic rings. The van der Waals surface area contributed by atoms with Crippen LogP contribution in [0.4, 0.5) is 0 Å². The molecule has 2 radical (unpaired) electrons. The van der Waals surface area contributed by atoms with E-state index in [4.69, 9.17) is 17.5 Å². The summed E-state index contributed by atoms with van der Waals surface area (Å²) in [6.45, 7) is 6.19. The van der Waals surface area contributed by atoms with Crippen LogP contribution in [0.5, 0.6) is 0 Å². The van der Waals surface area contributed by atoms with Gasteiger partial charge in [0.05, 0.1) is 0 Å². The van der Waals surface area contributed by atoms with Crippen molar-refractivity contribution in [1.82, 2.24) is 15.4 Å². The first-order valence-corrected chi connectivity index (χ1v) is 4.41. The van der Waals surface area contributed by atoms with E-state index in [-0.39, 0.29) is 65.4 Å². The van der Waals surface area contributed by atoms with Crippen LogP contribution in [0, 0.1) is 12.3 Å². The van der Waals surface area contributed by atoms with E-state index >= 15 is 0 Å². The number of nitrogens with zero attached hydrogens (tertiary/aromatic N) is 6. The Morgan fingerprint density at radius 3 is 1.71 bits per heavy atom. The Kier molecular flexibility index (Phi) is 78.9. The van der Waals surface area contributed by atoms with E-state index in [1.807, 2.05) is 6.92 Å². The molecule has 0 fully saturated rings. The number of aromatic nitrogens is 3. The second kappa shape index (κ2) is 44.2. The van der Waals surface area contributed by atoms with Crippen LogP contribution in [0.1, 0.15) is 33.6 Å². The SMILES string of the molecule is C#CCC.CCC.[N-]=[N+]=[N-].[Y].[Y].c1c[n-]nn1.